The summed E-state index contributed by atoms with van der Waals surface area (Å²) in [7, 11) is 1.60. The lowest BCUT2D eigenvalue weighted by atomic mass is 9.73. The molecule has 0 bridgehead atoms. The molecule has 9 heteroatoms. The summed E-state index contributed by atoms with van der Waals surface area (Å²) in [4.78, 5) is 27.8. The standard InChI is InChI=1S/C20H22ClN5O3/c1-13-8-29-16-7-14(21)3-4-15(16)26(13)19(27)25-11-20(12-25)9-24(10-20)18-22-6-5-17(23-18)28-2/h3-7,13H,8-12H2,1-2H3. The first-order valence-electron chi connectivity index (χ1n) is 9.60. The zero-order valence-corrected chi connectivity index (χ0v) is 17.1. The fourth-order valence-corrected chi connectivity index (χ4v) is 4.53. The van der Waals surface area contributed by atoms with Crippen LogP contribution in [0.25, 0.3) is 0 Å². The number of nitrogens with zero attached hydrogens (tertiary/aromatic N) is 5. The minimum absolute atomic E-state index is 0.0195. The second-order valence-electron chi connectivity index (χ2n) is 8.04. The van der Waals surface area contributed by atoms with Crippen molar-refractivity contribution < 1.29 is 14.3 Å². The molecule has 1 spiro atoms. The van der Waals surface area contributed by atoms with Crippen LogP contribution in [0.4, 0.5) is 16.4 Å². The topological polar surface area (TPSA) is 71.0 Å². The summed E-state index contributed by atoms with van der Waals surface area (Å²) >= 11 is 6.07. The molecule has 0 radical (unpaired) electrons. The molecule has 152 valence electrons. The van der Waals surface area contributed by atoms with E-state index in [1.54, 1.807) is 31.5 Å². The minimum atomic E-state index is -0.0317. The van der Waals surface area contributed by atoms with Gasteiger partial charge in [0.1, 0.15) is 12.4 Å². The fourth-order valence-electron chi connectivity index (χ4n) is 4.37. The van der Waals surface area contributed by atoms with E-state index in [9.17, 15) is 4.79 Å². The molecule has 1 unspecified atom stereocenters. The van der Waals surface area contributed by atoms with Crippen molar-refractivity contribution in [2.24, 2.45) is 5.41 Å². The van der Waals surface area contributed by atoms with Crippen LogP contribution in [0.3, 0.4) is 0 Å². The highest BCUT2D eigenvalue weighted by Crippen LogP contribution is 2.43. The average Bonchev–Trinajstić information content (AvgIpc) is 2.66. The Balaban J connectivity index is 1.24. The van der Waals surface area contributed by atoms with Crippen LogP contribution in [0, 0.1) is 5.41 Å². The number of hydrogen-bond acceptors (Lipinski definition) is 6. The summed E-state index contributed by atoms with van der Waals surface area (Å²) in [5.41, 5.74) is 0.902. The summed E-state index contributed by atoms with van der Waals surface area (Å²) in [6, 6.07) is 7.13. The molecule has 1 atom stereocenters. The molecule has 2 amide bonds. The number of benzene rings is 1. The Kier molecular flexibility index (Phi) is 4.20. The van der Waals surface area contributed by atoms with E-state index in [1.807, 2.05) is 22.8 Å². The maximum Gasteiger partial charge on any atom is 0.325 e. The number of hydrogen-bond donors (Lipinski definition) is 0. The Hall–Kier alpha value is -2.74. The van der Waals surface area contributed by atoms with Crippen LogP contribution in [-0.4, -0.2) is 66.8 Å². The van der Waals surface area contributed by atoms with Gasteiger partial charge in [-0.15, -0.1) is 0 Å². The SMILES string of the molecule is COc1ccnc(N2CC3(CN(C(=O)N4c5ccc(Cl)cc5OCC4C)C3)C2)n1. The highest BCUT2D eigenvalue weighted by molar-refractivity contribution is 6.30. The van der Waals surface area contributed by atoms with Gasteiger partial charge < -0.3 is 19.3 Å². The van der Waals surface area contributed by atoms with Gasteiger partial charge in [-0.05, 0) is 19.1 Å². The number of likely N-dealkylation sites (tertiary alicyclic amines) is 1. The molecule has 29 heavy (non-hydrogen) atoms. The van der Waals surface area contributed by atoms with E-state index in [0.717, 1.165) is 31.9 Å². The summed E-state index contributed by atoms with van der Waals surface area (Å²) in [6.07, 6.45) is 1.70. The van der Waals surface area contributed by atoms with E-state index in [4.69, 9.17) is 21.1 Å². The van der Waals surface area contributed by atoms with Gasteiger partial charge in [0, 0.05) is 54.9 Å². The number of anilines is 2. The van der Waals surface area contributed by atoms with Gasteiger partial charge in [-0.25, -0.2) is 9.78 Å². The van der Waals surface area contributed by atoms with Crippen molar-refractivity contribution in [3.8, 4) is 11.6 Å². The van der Waals surface area contributed by atoms with Gasteiger partial charge in [0.15, 0.2) is 0 Å². The molecule has 0 aliphatic carbocycles. The zero-order chi connectivity index (χ0) is 20.2. The van der Waals surface area contributed by atoms with Crippen LogP contribution < -0.4 is 19.3 Å². The summed E-state index contributed by atoms with van der Waals surface area (Å²) in [6.45, 7) is 5.61. The second kappa shape index (κ2) is 6.66. The quantitative estimate of drug-likeness (QED) is 0.751. The number of methoxy groups -OCH3 is 1. The number of amides is 2. The monoisotopic (exact) mass is 415 g/mol. The van der Waals surface area contributed by atoms with E-state index in [2.05, 4.69) is 14.9 Å². The van der Waals surface area contributed by atoms with Gasteiger partial charge in [0.2, 0.25) is 11.8 Å². The van der Waals surface area contributed by atoms with Crippen LogP contribution in [-0.2, 0) is 0 Å². The summed E-state index contributed by atoms with van der Waals surface area (Å²) in [5, 5.41) is 0.600. The third-order valence-corrected chi connectivity index (χ3v) is 6.03. The predicted octanol–water partition coefficient (Wildman–Crippen LogP) is 2.67. The lowest BCUT2D eigenvalue weighted by Gasteiger charge is -2.60. The van der Waals surface area contributed by atoms with Crippen LogP contribution in [0.1, 0.15) is 6.92 Å². The number of fused-ring (bicyclic) bond motifs is 1. The first-order chi connectivity index (χ1) is 14.0. The van der Waals surface area contributed by atoms with Crippen molar-refractivity contribution in [3.05, 3.63) is 35.5 Å². The van der Waals surface area contributed by atoms with Gasteiger partial charge in [0.25, 0.3) is 0 Å². The molecule has 2 fully saturated rings. The van der Waals surface area contributed by atoms with Crippen molar-refractivity contribution >= 4 is 29.3 Å². The van der Waals surface area contributed by atoms with Gasteiger partial charge in [-0.1, -0.05) is 11.6 Å². The van der Waals surface area contributed by atoms with Crippen molar-refractivity contribution in [1.29, 1.82) is 0 Å². The first kappa shape index (κ1) is 18.3. The third-order valence-electron chi connectivity index (χ3n) is 5.79. The highest BCUT2D eigenvalue weighted by Gasteiger charge is 2.55. The molecule has 3 aliphatic heterocycles. The molecule has 2 saturated heterocycles. The molecule has 1 aromatic heterocycles. The Bertz CT molecular complexity index is 957. The van der Waals surface area contributed by atoms with E-state index in [-0.39, 0.29) is 17.5 Å². The third kappa shape index (κ3) is 3.02. The van der Waals surface area contributed by atoms with Gasteiger partial charge in [-0.2, -0.15) is 4.98 Å². The first-order valence-corrected chi connectivity index (χ1v) is 9.98. The Morgan fingerprint density at radius 3 is 2.83 bits per heavy atom. The van der Waals surface area contributed by atoms with Gasteiger partial charge >= 0.3 is 6.03 Å². The van der Waals surface area contributed by atoms with Crippen molar-refractivity contribution in [1.82, 2.24) is 14.9 Å². The van der Waals surface area contributed by atoms with E-state index >= 15 is 0 Å². The maximum atomic E-state index is 13.2. The van der Waals surface area contributed by atoms with Crippen molar-refractivity contribution in [3.63, 3.8) is 0 Å². The fraction of sp³-hybridized carbons (Fsp3) is 0.450. The minimum Gasteiger partial charge on any atom is -0.489 e. The molecular weight excluding hydrogens is 394 g/mol. The zero-order valence-electron chi connectivity index (χ0n) is 16.3. The van der Waals surface area contributed by atoms with E-state index in [1.165, 1.54) is 0 Å². The van der Waals surface area contributed by atoms with Gasteiger partial charge in [-0.3, -0.25) is 4.90 Å². The summed E-state index contributed by atoms with van der Waals surface area (Å²) < 4.78 is 10.9. The largest absolute Gasteiger partial charge is 0.489 e. The van der Waals surface area contributed by atoms with Crippen LogP contribution >= 0.6 is 11.6 Å². The normalized spacial score (nSPS) is 21.8. The molecule has 0 saturated carbocycles. The van der Waals surface area contributed by atoms with Crippen LogP contribution in [0.5, 0.6) is 11.6 Å². The highest BCUT2D eigenvalue weighted by atomic mass is 35.5. The smallest absolute Gasteiger partial charge is 0.325 e. The molecule has 3 aliphatic rings. The number of carbonyl (C=O) groups excluding carboxylic acids is 1. The number of aromatic nitrogens is 2. The number of halogens is 1. The van der Waals surface area contributed by atoms with Crippen LogP contribution in [0.15, 0.2) is 30.5 Å². The lowest BCUT2D eigenvalue weighted by Crippen LogP contribution is -2.74. The number of ether oxygens (including phenoxy) is 2. The predicted molar refractivity (Wildman–Crippen MR) is 109 cm³/mol. The number of urea groups is 1. The number of rotatable bonds is 2. The Labute approximate surface area is 174 Å². The lowest BCUT2D eigenvalue weighted by molar-refractivity contribution is 0.00810. The molecule has 1 aromatic carbocycles. The molecule has 2 aromatic rings. The molecule has 8 nitrogen and oxygen atoms in total. The second-order valence-corrected chi connectivity index (χ2v) is 8.47. The average molecular weight is 416 g/mol. The molecular formula is C20H22ClN5O3. The molecule has 4 heterocycles. The van der Waals surface area contributed by atoms with Gasteiger partial charge in [0.05, 0.1) is 18.8 Å². The van der Waals surface area contributed by atoms with Crippen molar-refractivity contribution in [2.45, 2.75) is 13.0 Å². The Morgan fingerprint density at radius 2 is 2.07 bits per heavy atom. The van der Waals surface area contributed by atoms with Crippen LogP contribution in [0.2, 0.25) is 5.02 Å². The Morgan fingerprint density at radius 1 is 1.28 bits per heavy atom. The van der Waals surface area contributed by atoms with Crippen molar-refractivity contribution in [2.75, 3.05) is 49.7 Å². The molecule has 5 rings (SSSR count). The molecule has 0 N–H and O–H groups in total. The summed E-state index contributed by atoms with van der Waals surface area (Å²) in [5.74, 6) is 1.89. The number of carbonyl (C=O) groups is 1. The maximum absolute atomic E-state index is 13.2. The van der Waals surface area contributed by atoms with E-state index in [0.29, 0.717) is 29.2 Å². The van der Waals surface area contributed by atoms with E-state index < -0.39 is 0 Å².